The number of hydrogen-bond donors (Lipinski definition) is 2. The number of oxazole rings is 1. The Kier molecular flexibility index (Phi) is 4.24. The van der Waals surface area contributed by atoms with Crippen LogP contribution in [-0.2, 0) is 14.8 Å². The number of aromatic nitrogens is 1. The largest absolute Gasteiger partial charge is 0.481 e. The van der Waals surface area contributed by atoms with E-state index in [4.69, 9.17) is 9.52 Å². The zero-order valence-corrected chi connectivity index (χ0v) is 10.3. The van der Waals surface area contributed by atoms with E-state index in [1.807, 2.05) is 0 Å². The summed E-state index contributed by atoms with van der Waals surface area (Å²) in [6, 6.07) is -0.623. The van der Waals surface area contributed by atoms with E-state index in [2.05, 4.69) is 9.71 Å². The second-order valence-electron chi connectivity index (χ2n) is 3.61. The molecular formula is C9H14N2O5S. The van der Waals surface area contributed by atoms with Crippen LogP contribution in [0.25, 0.3) is 0 Å². The van der Waals surface area contributed by atoms with E-state index in [0.717, 1.165) is 0 Å². The van der Waals surface area contributed by atoms with E-state index in [9.17, 15) is 13.2 Å². The number of rotatable bonds is 6. The van der Waals surface area contributed by atoms with Gasteiger partial charge in [0.15, 0.2) is 0 Å². The standard InChI is InChI=1S/C9H14N2O5S/c1-6-5-10-9(16-6)7(2)11-17(14,15)4-3-8(12)13/h5,7,11H,3-4H2,1-2H3,(H,12,13). The van der Waals surface area contributed by atoms with Crippen molar-refractivity contribution in [3.63, 3.8) is 0 Å². The van der Waals surface area contributed by atoms with Crippen molar-refractivity contribution in [1.29, 1.82) is 0 Å². The molecule has 0 saturated heterocycles. The molecule has 96 valence electrons. The van der Waals surface area contributed by atoms with Gasteiger partial charge in [-0.2, -0.15) is 0 Å². The van der Waals surface area contributed by atoms with E-state index in [1.54, 1.807) is 13.8 Å². The molecule has 1 aromatic heterocycles. The molecule has 0 aliphatic heterocycles. The number of carboxylic acids is 1. The Hall–Kier alpha value is -1.41. The normalized spacial score (nSPS) is 13.5. The molecular weight excluding hydrogens is 248 g/mol. The number of carboxylic acid groups (broad SMARTS) is 1. The van der Waals surface area contributed by atoms with E-state index >= 15 is 0 Å². The maximum absolute atomic E-state index is 11.5. The Morgan fingerprint density at radius 3 is 2.76 bits per heavy atom. The topological polar surface area (TPSA) is 110 Å². The third-order valence-corrected chi connectivity index (χ3v) is 3.40. The van der Waals surface area contributed by atoms with Crippen LogP contribution in [0, 0.1) is 6.92 Å². The van der Waals surface area contributed by atoms with Crippen LogP contribution in [-0.4, -0.2) is 30.2 Å². The van der Waals surface area contributed by atoms with E-state index in [0.29, 0.717) is 5.76 Å². The average molecular weight is 262 g/mol. The van der Waals surface area contributed by atoms with Crippen molar-refractivity contribution in [2.45, 2.75) is 26.3 Å². The lowest BCUT2D eigenvalue weighted by atomic mass is 10.4. The quantitative estimate of drug-likeness (QED) is 0.769. The first-order valence-corrected chi connectivity index (χ1v) is 6.59. The molecule has 0 aromatic carbocycles. The highest BCUT2D eigenvalue weighted by Crippen LogP contribution is 2.13. The zero-order valence-electron chi connectivity index (χ0n) is 9.50. The molecule has 1 aromatic rings. The van der Waals surface area contributed by atoms with Crippen LogP contribution in [0.15, 0.2) is 10.6 Å². The minimum atomic E-state index is -3.65. The number of aliphatic carboxylic acids is 1. The summed E-state index contributed by atoms with van der Waals surface area (Å²) in [5, 5.41) is 8.41. The highest BCUT2D eigenvalue weighted by Gasteiger charge is 2.19. The van der Waals surface area contributed by atoms with Gasteiger partial charge in [-0.1, -0.05) is 0 Å². The fourth-order valence-electron chi connectivity index (χ4n) is 1.17. The van der Waals surface area contributed by atoms with Crippen molar-refractivity contribution in [3.05, 3.63) is 17.8 Å². The zero-order chi connectivity index (χ0) is 13.1. The van der Waals surface area contributed by atoms with Crippen molar-refractivity contribution >= 4 is 16.0 Å². The Morgan fingerprint density at radius 1 is 1.65 bits per heavy atom. The van der Waals surface area contributed by atoms with Crippen molar-refractivity contribution in [2.24, 2.45) is 0 Å². The summed E-state index contributed by atoms with van der Waals surface area (Å²) in [6.45, 7) is 3.27. The molecule has 1 heterocycles. The Labute approximate surface area is 98.9 Å². The first-order chi connectivity index (χ1) is 7.80. The molecule has 2 N–H and O–H groups in total. The molecule has 0 radical (unpaired) electrons. The average Bonchev–Trinajstić information content (AvgIpc) is 2.61. The maximum Gasteiger partial charge on any atom is 0.304 e. The molecule has 1 atom stereocenters. The molecule has 1 unspecified atom stereocenters. The van der Waals surface area contributed by atoms with Gasteiger partial charge in [0.2, 0.25) is 15.9 Å². The van der Waals surface area contributed by atoms with Crippen molar-refractivity contribution in [1.82, 2.24) is 9.71 Å². The van der Waals surface area contributed by atoms with Gasteiger partial charge in [-0.05, 0) is 13.8 Å². The van der Waals surface area contributed by atoms with Crippen LogP contribution in [0.1, 0.15) is 31.0 Å². The molecule has 0 fully saturated rings. The third kappa shape index (κ3) is 4.53. The minimum absolute atomic E-state index is 0.251. The Bertz CT molecular complexity index is 493. The number of hydrogen-bond acceptors (Lipinski definition) is 5. The molecule has 0 saturated carbocycles. The molecule has 0 amide bonds. The number of carbonyl (C=O) groups is 1. The van der Waals surface area contributed by atoms with Gasteiger partial charge in [-0.25, -0.2) is 18.1 Å². The van der Waals surface area contributed by atoms with Crippen molar-refractivity contribution in [3.8, 4) is 0 Å². The lowest BCUT2D eigenvalue weighted by molar-refractivity contribution is -0.136. The maximum atomic E-state index is 11.5. The van der Waals surface area contributed by atoms with E-state index in [-0.39, 0.29) is 5.89 Å². The van der Waals surface area contributed by atoms with Gasteiger partial charge in [0.25, 0.3) is 0 Å². The van der Waals surface area contributed by atoms with Crippen LogP contribution in [0.5, 0.6) is 0 Å². The fourth-order valence-corrected chi connectivity index (χ4v) is 2.37. The minimum Gasteiger partial charge on any atom is -0.481 e. The lowest BCUT2D eigenvalue weighted by Crippen LogP contribution is -2.30. The first-order valence-electron chi connectivity index (χ1n) is 4.94. The smallest absolute Gasteiger partial charge is 0.304 e. The second kappa shape index (κ2) is 5.28. The third-order valence-electron chi connectivity index (χ3n) is 1.95. The Balaban J connectivity index is 2.61. The van der Waals surface area contributed by atoms with Crippen molar-refractivity contribution < 1.29 is 22.7 Å². The van der Waals surface area contributed by atoms with Gasteiger partial charge in [-0.3, -0.25) is 4.79 Å². The summed E-state index contributed by atoms with van der Waals surface area (Å²) >= 11 is 0. The number of nitrogens with one attached hydrogen (secondary N) is 1. The SMILES string of the molecule is Cc1cnc(C(C)NS(=O)(=O)CCC(=O)O)o1. The predicted molar refractivity (Wildman–Crippen MR) is 58.8 cm³/mol. The number of aryl methyl sites for hydroxylation is 1. The van der Waals surface area contributed by atoms with Gasteiger partial charge in [0.05, 0.1) is 24.4 Å². The number of nitrogens with zero attached hydrogens (tertiary/aromatic N) is 1. The highest BCUT2D eigenvalue weighted by molar-refractivity contribution is 7.89. The predicted octanol–water partition coefficient (Wildman–Crippen LogP) is 0.438. The second-order valence-corrected chi connectivity index (χ2v) is 5.48. The summed E-state index contributed by atoms with van der Waals surface area (Å²) in [6.07, 6.45) is 1.05. The fraction of sp³-hybridized carbons (Fsp3) is 0.556. The van der Waals surface area contributed by atoms with E-state index < -0.39 is 34.2 Å². The number of sulfonamides is 1. The summed E-state index contributed by atoms with van der Waals surface area (Å²) < 4.78 is 30.4. The first kappa shape index (κ1) is 13.7. The molecule has 1 rings (SSSR count). The van der Waals surface area contributed by atoms with E-state index in [1.165, 1.54) is 6.20 Å². The van der Waals surface area contributed by atoms with Crippen LogP contribution in [0.2, 0.25) is 0 Å². The molecule has 0 aliphatic carbocycles. The van der Waals surface area contributed by atoms with Crippen LogP contribution >= 0.6 is 0 Å². The molecule has 17 heavy (non-hydrogen) atoms. The van der Waals surface area contributed by atoms with Crippen molar-refractivity contribution in [2.75, 3.05) is 5.75 Å². The van der Waals surface area contributed by atoms with Gasteiger partial charge >= 0.3 is 5.97 Å². The van der Waals surface area contributed by atoms with Gasteiger partial charge in [0, 0.05) is 0 Å². The Morgan fingerprint density at radius 2 is 2.29 bits per heavy atom. The highest BCUT2D eigenvalue weighted by atomic mass is 32.2. The summed E-state index contributed by atoms with van der Waals surface area (Å²) in [7, 11) is -3.65. The summed E-state index contributed by atoms with van der Waals surface area (Å²) in [5.74, 6) is -0.792. The lowest BCUT2D eigenvalue weighted by Gasteiger charge is -2.10. The summed E-state index contributed by atoms with van der Waals surface area (Å²) in [4.78, 5) is 14.2. The van der Waals surface area contributed by atoms with Crippen LogP contribution < -0.4 is 4.72 Å². The molecule has 0 aliphatic rings. The van der Waals surface area contributed by atoms with Gasteiger partial charge in [0.1, 0.15) is 5.76 Å². The van der Waals surface area contributed by atoms with Gasteiger partial charge in [-0.15, -0.1) is 0 Å². The monoisotopic (exact) mass is 262 g/mol. The molecule has 7 nitrogen and oxygen atoms in total. The van der Waals surface area contributed by atoms with Crippen LogP contribution in [0.3, 0.4) is 0 Å². The van der Waals surface area contributed by atoms with Crippen LogP contribution in [0.4, 0.5) is 0 Å². The molecule has 0 spiro atoms. The molecule has 0 bridgehead atoms. The summed E-state index contributed by atoms with van der Waals surface area (Å²) in [5.41, 5.74) is 0. The van der Waals surface area contributed by atoms with Gasteiger partial charge < -0.3 is 9.52 Å². The molecule has 8 heteroatoms.